The molecule has 0 aliphatic carbocycles. The van der Waals surface area contributed by atoms with Gasteiger partial charge in [-0.3, -0.25) is 4.99 Å². The molecule has 1 heterocycles. The van der Waals surface area contributed by atoms with Gasteiger partial charge in [-0.15, -0.1) is 24.0 Å². The van der Waals surface area contributed by atoms with Crippen molar-refractivity contribution >= 4 is 29.9 Å². The number of rotatable bonds is 9. The molecule has 0 fully saturated rings. The minimum atomic E-state index is 0. The summed E-state index contributed by atoms with van der Waals surface area (Å²) in [5.41, 5.74) is 5.42. The van der Waals surface area contributed by atoms with E-state index < -0.39 is 0 Å². The number of halogens is 1. The standard InChI is InChI=1S/C24H31N5O2.HI/c1-18-14-19(2)29(28-18)23-11-6-5-9-21(23)16-27-24(25-3)26-12-13-31-17-20-8-7-10-22(15-20)30-4;/h5-11,14-15H,12-13,16-17H2,1-4H3,(H2,25,26,27);1H. The fraction of sp³-hybridized carbons (Fsp3) is 0.333. The highest BCUT2D eigenvalue weighted by Crippen LogP contribution is 2.17. The SMILES string of the molecule is CN=C(NCCOCc1cccc(OC)c1)NCc1ccccc1-n1nc(C)cc1C.I. The molecule has 0 atom stereocenters. The molecule has 0 saturated carbocycles. The fourth-order valence-electron chi connectivity index (χ4n) is 3.33. The summed E-state index contributed by atoms with van der Waals surface area (Å²) in [5.74, 6) is 1.57. The van der Waals surface area contributed by atoms with Crippen molar-refractivity contribution in [1.29, 1.82) is 0 Å². The summed E-state index contributed by atoms with van der Waals surface area (Å²) < 4.78 is 13.0. The Hall–Kier alpha value is -2.59. The monoisotopic (exact) mass is 549 g/mol. The first-order valence-corrected chi connectivity index (χ1v) is 10.4. The summed E-state index contributed by atoms with van der Waals surface area (Å²) in [5, 5.41) is 11.3. The Labute approximate surface area is 207 Å². The van der Waals surface area contributed by atoms with Gasteiger partial charge in [0.05, 0.1) is 31.7 Å². The number of hydrogen-bond acceptors (Lipinski definition) is 4. The van der Waals surface area contributed by atoms with Crippen molar-refractivity contribution in [2.75, 3.05) is 27.3 Å². The maximum atomic E-state index is 5.76. The predicted molar refractivity (Wildman–Crippen MR) is 139 cm³/mol. The molecule has 8 heteroatoms. The van der Waals surface area contributed by atoms with Gasteiger partial charge in [0.2, 0.25) is 0 Å². The second kappa shape index (κ2) is 13.1. The second-order valence-electron chi connectivity index (χ2n) is 7.22. The van der Waals surface area contributed by atoms with Crippen molar-refractivity contribution in [2.45, 2.75) is 27.0 Å². The van der Waals surface area contributed by atoms with E-state index in [1.165, 1.54) is 0 Å². The summed E-state index contributed by atoms with van der Waals surface area (Å²) in [6.45, 7) is 6.48. The van der Waals surface area contributed by atoms with E-state index in [2.05, 4.69) is 45.8 Å². The number of para-hydroxylation sites is 1. The molecular formula is C24H32IN5O2. The van der Waals surface area contributed by atoms with Crippen molar-refractivity contribution in [3.63, 3.8) is 0 Å². The number of aromatic nitrogens is 2. The maximum Gasteiger partial charge on any atom is 0.191 e. The molecule has 1 aromatic heterocycles. The van der Waals surface area contributed by atoms with E-state index in [1.54, 1.807) is 14.2 Å². The molecule has 7 nitrogen and oxygen atoms in total. The average Bonchev–Trinajstić information content (AvgIpc) is 3.13. The number of nitrogens with one attached hydrogen (secondary N) is 2. The molecule has 0 amide bonds. The van der Waals surface area contributed by atoms with E-state index in [0.717, 1.165) is 39.9 Å². The van der Waals surface area contributed by atoms with Gasteiger partial charge in [-0.05, 0) is 49.2 Å². The van der Waals surface area contributed by atoms with E-state index in [-0.39, 0.29) is 24.0 Å². The van der Waals surface area contributed by atoms with Crippen LogP contribution in [-0.4, -0.2) is 43.0 Å². The van der Waals surface area contributed by atoms with Crippen LogP contribution in [0.3, 0.4) is 0 Å². The van der Waals surface area contributed by atoms with E-state index in [9.17, 15) is 0 Å². The number of methoxy groups -OCH3 is 1. The van der Waals surface area contributed by atoms with Gasteiger partial charge in [0, 0.05) is 25.8 Å². The Morgan fingerprint density at radius 3 is 2.59 bits per heavy atom. The van der Waals surface area contributed by atoms with Crippen LogP contribution in [0.5, 0.6) is 5.75 Å². The fourth-order valence-corrected chi connectivity index (χ4v) is 3.33. The predicted octanol–water partition coefficient (Wildman–Crippen LogP) is 4.00. The van der Waals surface area contributed by atoms with Gasteiger partial charge >= 0.3 is 0 Å². The number of hydrogen-bond donors (Lipinski definition) is 2. The zero-order valence-electron chi connectivity index (χ0n) is 19.1. The van der Waals surface area contributed by atoms with Crippen molar-refractivity contribution < 1.29 is 9.47 Å². The highest BCUT2D eigenvalue weighted by Gasteiger charge is 2.09. The molecular weight excluding hydrogens is 517 g/mol. The molecule has 0 aliphatic heterocycles. The van der Waals surface area contributed by atoms with Crippen molar-refractivity contribution in [3.05, 3.63) is 77.1 Å². The average molecular weight is 549 g/mol. The number of benzene rings is 2. The van der Waals surface area contributed by atoms with Crippen molar-refractivity contribution in [2.24, 2.45) is 4.99 Å². The van der Waals surface area contributed by atoms with Crippen molar-refractivity contribution in [3.8, 4) is 11.4 Å². The molecule has 0 aliphatic rings. The van der Waals surface area contributed by atoms with Crippen LogP contribution >= 0.6 is 24.0 Å². The zero-order valence-corrected chi connectivity index (χ0v) is 21.4. The molecule has 0 unspecified atom stereocenters. The number of nitrogens with zero attached hydrogens (tertiary/aromatic N) is 3. The normalized spacial score (nSPS) is 11.1. The molecule has 32 heavy (non-hydrogen) atoms. The molecule has 0 bridgehead atoms. The molecule has 2 aromatic carbocycles. The van der Waals surface area contributed by atoms with Crippen LogP contribution in [0.25, 0.3) is 5.69 Å². The van der Waals surface area contributed by atoms with Gasteiger partial charge in [0.25, 0.3) is 0 Å². The number of ether oxygens (including phenoxy) is 2. The van der Waals surface area contributed by atoms with Gasteiger partial charge in [-0.25, -0.2) is 4.68 Å². The molecule has 0 saturated heterocycles. The van der Waals surface area contributed by atoms with Crippen LogP contribution in [0.2, 0.25) is 0 Å². The lowest BCUT2D eigenvalue weighted by atomic mass is 10.1. The van der Waals surface area contributed by atoms with Gasteiger partial charge in [0.1, 0.15) is 5.75 Å². The lowest BCUT2D eigenvalue weighted by molar-refractivity contribution is 0.125. The maximum absolute atomic E-state index is 5.76. The number of aryl methyl sites for hydroxylation is 2. The van der Waals surface area contributed by atoms with E-state index in [0.29, 0.717) is 26.3 Å². The first-order chi connectivity index (χ1) is 15.1. The Kier molecular flexibility index (Phi) is 10.5. The zero-order chi connectivity index (χ0) is 22.1. The number of aliphatic imine (C=N–C) groups is 1. The molecule has 0 radical (unpaired) electrons. The number of guanidine groups is 1. The van der Waals surface area contributed by atoms with E-state index in [4.69, 9.17) is 9.47 Å². The highest BCUT2D eigenvalue weighted by atomic mass is 127. The summed E-state index contributed by atoms with van der Waals surface area (Å²) in [7, 11) is 3.43. The summed E-state index contributed by atoms with van der Waals surface area (Å²) >= 11 is 0. The van der Waals surface area contributed by atoms with Crippen LogP contribution in [-0.2, 0) is 17.9 Å². The lowest BCUT2D eigenvalue weighted by Crippen LogP contribution is -2.38. The molecule has 2 N–H and O–H groups in total. The first kappa shape index (κ1) is 25.7. The Bertz CT molecular complexity index is 1020. The third-order valence-corrected chi connectivity index (χ3v) is 4.84. The van der Waals surface area contributed by atoms with E-state index >= 15 is 0 Å². The van der Waals surface area contributed by atoms with Crippen LogP contribution in [0.15, 0.2) is 59.6 Å². The minimum absolute atomic E-state index is 0. The van der Waals surface area contributed by atoms with Gasteiger partial charge in [0.15, 0.2) is 5.96 Å². The molecule has 172 valence electrons. The third kappa shape index (κ3) is 7.23. The second-order valence-corrected chi connectivity index (χ2v) is 7.22. The smallest absolute Gasteiger partial charge is 0.191 e. The van der Waals surface area contributed by atoms with Gasteiger partial charge in [-0.1, -0.05) is 30.3 Å². The lowest BCUT2D eigenvalue weighted by Gasteiger charge is -2.15. The quantitative estimate of drug-likeness (QED) is 0.183. The van der Waals surface area contributed by atoms with Crippen LogP contribution < -0.4 is 15.4 Å². The molecule has 3 rings (SSSR count). The highest BCUT2D eigenvalue weighted by molar-refractivity contribution is 14.0. The molecule has 3 aromatic rings. The van der Waals surface area contributed by atoms with Crippen molar-refractivity contribution in [1.82, 2.24) is 20.4 Å². The summed E-state index contributed by atoms with van der Waals surface area (Å²) in [6.07, 6.45) is 0. The first-order valence-electron chi connectivity index (χ1n) is 10.4. The van der Waals surface area contributed by atoms with E-state index in [1.807, 2.05) is 48.0 Å². The summed E-state index contributed by atoms with van der Waals surface area (Å²) in [6, 6.07) is 18.2. The van der Waals surface area contributed by atoms with Crippen LogP contribution in [0.4, 0.5) is 0 Å². The van der Waals surface area contributed by atoms with Crippen LogP contribution in [0.1, 0.15) is 22.5 Å². The third-order valence-electron chi connectivity index (χ3n) is 4.84. The minimum Gasteiger partial charge on any atom is -0.497 e. The van der Waals surface area contributed by atoms with Crippen LogP contribution in [0, 0.1) is 13.8 Å². The molecule has 0 spiro atoms. The Morgan fingerprint density at radius 2 is 1.88 bits per heavy atom. The Balaban J connectivity index is 0.00000363. The van der Waals surface area contributed by atoms with Gasteiger partial charge < -0.3 is 20.1 Å². The Morgan fingerprint density at radius 1 is 1.06 bits per heavy atom. The largest absolute Gasteiger partial charge is 0.497 e. The van der Waals surface area contributed by atoms with Gasteiger partial charge in [-0.2, -0.15) is 5.10 Å². The summed E-state index contributed by atoms with van der Waals surface area (Å²) in [4.78, 5) is 4.31. The topological polar surface area (TPSA) is 72.7 Å².